The van der Waals surface area contributed by atoms with E-state index in [4.69, 9.17) is 21.4 Å². The molecular weight excluding hydrogens is 230 g/mol. The SMILES string of the molecule is CC(C)C(C)Oc1nc(Cl)ccc1C(=O)O. The lowest BCUT2D eigenvalue weighted by molar-refractivity contribution is 0.0685. The molecule has 1 heterocycles. The Morgan fingerprint density at radius 3 is 2.56 bits per heavy atom. The number of aromatic nitrogens is 1. The van der Waals surface area contributed by atoms with Crippen LogP contribution in [0.15, 0.2) is 12.1 Å². The van der Waals surface area contributed by atoms with Gasteiger partial charge in [0.25, 0.3) is 0 Å². The van der Waals surface area contributed by atoms with Crippen molar-refractivity contribution in [2.45, 2.75) is 26.9 Å². The summed E-state index contributed by atoms with van der Waals surface area (Å²) in [6.45, 7) is 5.82. The van der Waals surface area contributed by atoms with Gasteiger partial charge in [0.15, 0.2) is 0 Å². The highest BCUT2D eigenvalue weighted by atomic mass is 35.5. The van der Waals surface area contributed by atoms with Gasteiger partial charge in [0, 0.05) is 0 Å². The summed E-state index contributed by atoms with van der Waals surface area (Å²) < 4.78 is 5.47. The molecule has 0 aliphatic rings. The van der Waals surface area contributed by atoms with Gasteiger partial charge in [0.1, 0.15) is 10.7 Å². The molecule has 5 heteroatoms. The Labute approximate surface area is 99.2 Å². The summed E-state index contributed by atoms with van der Waals surface area (Å²) in [7, 11) is 0. The minimum atomic E-state index is -1.07. The molecule has 16 heavy (non-hydrogen) atoms. The van der Waals surface area contributed by atoms with Crippen molar-refractivity contribution in [2.24, 2.45) is 5.92 Å². The highest BCUT2D eigenvalue weighted by Gasteiger charge is 2.17. The molecule has 1 aromatic rings. The van der Waals surface area contributed by atoms with Gasteiger partial charge in [-0.1, -0.05) is 25.4 Å². The number of hydrogen-bond donors (Lipinski definition) is 1. The Morgan fingerprint density at radius 2 is 2.06 bits per heavy atom. The van der Waals surface area contributed by atoms with Crippen LogP contribution in [0.4, 0.5) is 0 Å². The molecule has 0 aromatic carbocycles. The lowest BCUT2D eigenvalue weighted by Crippen LogP contribution is -2.20. The van der Waals surface area contributed by atoms with Gasteiger partial charge in [-0.25, -0.2) is 9.78 Å². The maximum absolute atomic E-state index is 10.9. The molecule has 0 radical (unpaired) electrons. The second kappa shape index (κ2) is 5.16. The van der Waals surface area contributed by atoms with E-state index in [9.17, 15) is 4.79 Å². The average molecular weight is 244 g/mol. The monoisotopic (exact) mass is 243 g/mol. The largest absolute Gasteiger partial charge is 0.477 e. The predicted molar refractivity (Wildman–Crippen MR) is 61.1 cm³/mol. The van der Waals surface area contributed by atoms with E-state index >= 15 is 0 Å². The normalized spacial score (nSPS) is 12.6. The molecule has 0 fully saturated rings. The van der Waals surface area contributed by atoms with Crippen molar-refractivity contribution in [3.63, 3.8) is 0 Å². The van der Waals surface area contributed by atoms with E-state index in [1.165, 1.54) is 12.1 Å². The maximum Gasteiger partial charge on any atom is 0.341 e. The van der Waals surface area contributed by atoms with Crippen LogP contribution in [-0.2, 0) is 0 Å². The van der Waals surface area contributed by atoms with E-state index in [1.807, 2.05) is 20.8 Å². The Balaban J connectivity index is 3.01. The van der Waals surface area contributed by atoms with Crippen molar-refractivity contribution < 1.29 is 14.6 Å². The van der Waals surface area contributed by atoms with Gasteiger partial charge >= 0.3 is 5.97 Å². The van der Waals surface area contributed by atoms with Crippen LogP contribution in [0.3, 0.4) is 0 Å². The first-order valence-corrected chi connectivity index (χ1v) is 5.36. The van der Waals surface area contributed by atoms with Crippen molar-refractivity contribution in [2.75, 3.05) is 0 Å². The molecule has 1 rings (SSSR count). The molecule has 0 spiro atoms. The van der Waals surface area contributed by atoms with Crippen LogP contribution in [-0.4, -0.2) is 22.2 Å². The van der Waals surface area contributed by atoms with Gasteiger partial charge in [-0.05, 0) is 25.0 Å². The van der Waals surface area contributed by atoms with Crippen molar-refractivity contribution in [3.8, 4) is 5.88 Å². The first-order valence-electron chi connectivity index (χ1n) is 4.98. The molecular formula is C11H14ClNO3. The molecule has 1 N–H and O–H groups in total. The van der Waals surface area contributed by atoms with Gasteiger partial charge in [-0.15, -0.1) is 0 Å². The number of halogens is 1. The molecule has 0 amide bonds. The second-order valence-electron chi connectivity index (χ2n) is 3.86. The van der Waals surface area contributed by atoms with Crippen LogP contribution in [0.25, 0.3) is 0 Å². The summed E-state index contributed by atoms with van der Waals surface area (Å²) >= 11 is 5.70. The number of rotatable bonds is 4. The number of pyridine rings is 1. The first-order chi connectivity index (χ1) is 7.41. The lowest BCUT2D eigenvalue weighted by Gasteiger charge is -2.18. The van der Waals surface area contributed by atoms with Gasteiger partial charge < -0.3 is 9.84 Å². The standard InChI is InChI=1S/C11H14ClNO3/c1-6(2)7(3)16-10-8(11(14)15)4-5-9(12)13-10/h4-7H,1-3H3,(H,14,15). The molecule has 88 valence electrons. The fourth-order valence-electron chi connectivity index (χ4n) is 0.983. The Kier molecular flexibility index (Phi) is 4.12. The molecule has 0 saturated carbocycles. The van der Waals surface area contributed by atoms with Crippen LogP contribution < -0.4 is 4.74 Å². The Hall–Kier alpha value is -1.29. The van der Waals surface area contributed by atoms with Crippen molar-refractivity contribution >= 4 is 17.6 Å². The summed E-state index contributed by atoms with van der Waals surface area (Å²) in [5.41, 5.74) is 0.0249. The highest BCUT2D eigenvalue weighted by Crippen LogP contribution is 2.21. The lowest BCUT2D eigenvalue weighted by atomic mass is 10.1. The van der Waals surface area contributed by atoms with E-state index in [0.717, 1.165) is 0 Å². The van der Waals surface area contributed by atoms with Crippen LogP contribution in [0.2, 0.25) is 5.15 Å². The number of aromatic carboxylic acids is 1. The summed E-state index contributed by atoms with van der Waals surface area (Å²) in [6.07, 6.45) is -0.121. The number of hydrogen-bond acceptors (Lipinski definition) is 3. The van der Waals surface area contributed by atoms with Crippen LogP contribution in [0.5, 0.6) is 5.88 Å². The number of nitrogens with zero attached hydrogens (tertiary/aromatic N) is 1. The molecule has 0 aliphatic heterocycles. The fraction of sp³-hybridized carbons (Fsp3) is 0.455. The number of carboxylic acids is 1. The zero-order chi connectivity index (χ0) is 12.3. The van der Waals surface area contributed by atoms with Crippen molar-refractivity contribution in [1.29, 1.82) is 0 Å². The van der Waals surface area contributed by atoms with Gasteiger partial charge in [-0.3, -0.25) is 0 Å². The topological polar surface area (TPSA) is 59.4 Å². The van der Waals surface area contributed by atoms with Crippen molar-refractivity contribution in [3.05, 3.63) is 22.8 Å². The fourth-order valence-corrected chi connectivity index (χ4v) is 1.12. The molecule has 1 unspecified atom stereocenters. The maximum atomic E-state index is 10.9. The van der Waals surface area contributed by atoms with E-state index in [0.29, 0.717) is 0 Å². The minimum absolute atomic E-state index is 0.0249. The Morgan fingerprint density at radius 1 is 1.44 bits per heavy atom. The van der Waals surface area contributed by atoms with Crippen molar-refractivity contribution in [1.82, 2.24) is 4.98 Å². The van der Waals surface area contributed by atoms with Gasteiger partial charge in [0.05, 0.1) is 6.10 Å². The summed E-state index contributed by atoms with van der Waals surface area (Å²) in [5.74, 6) is -0.737. The molecule has 4 nitrogen and oxygen atoms in total. The third-order valence-corrected chi connectivity index (χ3v) is 2.50. The predicted octanol–water partition coefficient (Wildman–Crippen LogP) is 2.86. The highest BCUT2D eigenvalue weighted by molar-refractivity contribution is 6.29. The second-order valence-corrected chi connectivity index (χ2v) is 4.25. The quantitative estimate of drug-likeness (QED) is 0.826. The third-order valence-electron chi connectivity index (χ3n) is 2.29. The summed E-state index contributed by atoms with van der Waals surface area (Å²) in [4.78, 5) is 14.8. The molecule has 0 bridgehead atoms. The van der Waals surface area contributed by atoms with Crippen LogP contribution in [0.1, 0.15) is 31.1 Å². The zero-order valence-electron chi connectivity index (χ0n) is 9.40. The molecule has 1 aromatic heterocycles. The summed E-state index contributed by atoms with van der Waals surface area (Å²) in [5, 5.41) is 9.16. The number of carbonyl (C=O) groups is 1. The third kappa shape index (κ3) is 3.10. The first kappa shape index (κ1) is 12.8. The molecule has 1 atom stereocenters. The number of carboxylic acid groups (broad SMARTS) is 1. The van der Waals surface area contributed by atoms with E-state index in [2.05, 4.69) is 4.98 Å². The van der Waals surface area contributed by atoms with E-state index < -0.39 is 5.97 Å². The van der Waals surface area contributed by atoms with Gasteiger partial charge in [0.2, 0.25) is 5.88 Å². The van der Waals surface area contributed by atoms with Crippen LogP contribution >= 0.6 is 11.6 Å². The molecule has 0 saturated heterocycles. The van der Waals surface area contributed by atoms with E-state index in [1.54, 1.807) is 0 Å². The minimum Gasteiger partial charge on any atom is -0.477 e. The van der Waals surface area contributed by atoms with Gasteiger partial charge in [-0.2, -0.15) is 0 Å². The Bertz CT molecular complexity index is 393. The van der Waals surface area contributed by atoms with E-state index in [-0.39, 0.29) is 28.6 Å². The smallest absolute Gasteiger partial charge is 0.341 e. The number of ether oxygens (including phenoxy) is 1. The summed E-state index contributed by atoms with van der Waals surface area (Å²) in [6, 6.07) is 2.82. The molecule has 0 aliphatic carbocycles. The average Bonchev–Trinajstić information content (AvgIpc) is 2.16. The van der Waals surface area contributed by atoms with Crippen LogP contribution in [0, 0.1) is 5.92 Å². The zero-order valence-corrected chi connectivity index (χ0v) is 10.2.